The first-order valence-electron chi connectivity index (χ1n) is 5.44. The number of nitrogens with one attached hydrogen (secondary N) is 1. The number of methoxy groups -OCH3 is 1. The largest absolute Gasteiger partial charge is 0.433 e. The smallest absolute Gasteiger partial charge is 0.383 e. The Morgan fingerprint density at radius 2 is 2.11 bits per heavy atom. The molecule has 6 nitrogen and oxygen atoms in total. The van der Waals surface area contributed by atoms with Gasteiger partial charge in [-0.25, -0.2) is 10.8 Å². The van der Waals surface area contributed by atoms with Gasteiger partial charge in [-0.05, 0) is 6.92 Å². The first-order chi connectivity index (χ1) is 8.79. The Hall–Kier alpha value is -1.61. The summed E-state index contributed by atoms with van der Waals surface area (Å²) in [6.45, 7) is 2.15. The molecule has 1 heterocycles. The van der Waals surface area contributed by atoms with Crippen LogP contribution in [0.2, 0.25) is 0 Å². The van der Waals surface area contributed by atoms with Gasteiger partial charge in [0, 0.05) is 20.2 Å². The molecule has 0 saturated carbocycles. The maximum atomic E-state index is 12.7. The fourth-order valence-corrected chi connectivity index (χ4v) is 1.40. The number of hydrogen-bond donors (Lipinski definition) is 2. The molecule has 0 saturated heterocycles. The Bertz CT molecular complexity index is 426. The van der Waals surface area contributed by atoms with Crippen molar-refractivity contribution in [3.63, 3.8) is 0 Å². The molecule has 0 amide bonds. The van der Waals surface area contributed by atoms with E-state index in [1.54, 1.807) is 18.9 Å². The topological polar surface area (TPSA) is 76.3 Å². The zero-order valence-corrected chi connectivity index (χ0v) is 10.8. The molecule has 0 aromatic carbocycles. The summed E-state index contributed by atoms with van der Waals surface area (Å²) in [6, 6.07) is 0.721. The third-order valence-electron chi connectivity index (χ3n) is 2.56. The lowest BCUT2D eigenvalue weighted by Gasteiger charge is -2.26. The number of ether oxygens (including phenoxy) is 1. The van der Waals surface area contributed by atoms with Gasteiger partial charge in [-0.15, -0.1) is 0 Å². The number of alkyl halides is 3. The number of nitrogens with two attached hydrogens (primary N) is 1. The van der Waals surface area contributed by atoms with E-state index >= 15 is 0 Å². The number of anilines is 2. The van der Waals surface area contributed by atoms with Gasteiger partial charge in [0.25, 0.3) is 0 Å². The van der Waals surface area contributed by atoms with Crippen LogP contribution in [0.5, 0.6) is 0 Å². The van der Waals surface area contributed by atoms with Crippen LogP contribution in [0.1, 0.15) is 12.6 Å². The number of nitrogens with zero attached hydrogens (tertiary/aromatic N) is 3. The van der Waals surface area contributed by atoms with Crippen molar-refractivity contribution < 1.29 is 17.9 Å². The summed E-state index contributed by atoms with van der Waals surface area (Å²) in [4.78, 5) is 8.73. The molecule has 9 heteroatoms. The van der Waals surface area contributed by atoms with Gasteiger partial charge >= 0.3 is 6.18 Å². The maximum Gasteiger partial charge on any atom is 0.433 e. The van der Waals surface area contributed by atoms with Crippen LogP contribution in [0, 0.1) is 0 Å². The number of hydrogen-bond acceptors (Lipinski definition) is 6. The van der Waals surface area contributed by atoms with E-state index < -0.39 is 11.9 Å². The lowest BCUT2D eigenvalue weighted by atomic mass is 10.3. The highest BCUT2D eigenvalue weighted by molar-refractivity contribution is 5.45. The van der Waals surface area contributed by atoms with Crippen molar-refractivity contribution in [1.29, 1.82) is 0 Å². The van der Waals surface area contributed by atoms with E-state index in [4.69, 9.17) is 10.6 Å². The minimum Gasteiger partial charge on any atom is -0.383 e. The summed E-state index contributed by atoms with van der Waals surface area (Å²) in [5, 5.41) is 0. The summed E-state index contributed by atoms with van der Waals surface area (Å²) in [5.74, 6) is 4.90. The van der Waals surface area contributed by atoms with Crippen LogP contribution in [-0.4, -0.2) is 36.8 Å². The van der Waals surface area contributed by atoms with Crippen LogP contribution < -0.4 is 16.2 Å². The second-order valence-electron chi connectivity index (χ2n) is 3.99. The van der Waals surface area contributed by atoms with Gasteiger partial charge < -0.3 is 9.64 Å². The molecule has 1 aromatic heterocycles. The van der Waals surface area contributed by atoms with Crippen LogP contribution >= 0.6 is 0 Å². The van der Waals surface area contributed by atoms with E-state index in [0.29, 0.717) is 6.61 Å². The van der Waals surface area contributed by atoms with Crippen molar-refractivity contribution in [2.75, 3.05) is 31.1 Å². The molecule has 19 heavy (non-hydrogen) atoms. The average molecular weight is 279 g/mol. The molecule has 1 rings (SSSR count). The van der Waals surface area contributed by atoms with Crippen molar-refractivity contribution in [3.8, 4) is 0 Å². The van der Waals surface area contributed by atoms with E-state index in [1.165, 1.54) is 7.11 Å². The minimum absolute atomic E-state index is 0.111. The molecule has 0 aliphatic carbocycles. The number of rotatable bonds is 5. The van der Waals surface area contributed by atoms with Crippen LogP contribution in [0.15, 0.2) is 6.07 Å². The molecule has 0 bridgehead atoms. The normalized spacial score (nSPS) is 13.2. The fraction of sp³-hybridized carbons (Fsp3) is 0.600. The zero-order chi connectivity index (χ0) is 14.6. The van der Waals surface area contributed by atoms with Gasteiger partial charge in [0.2, 0.25) is 5.95 Å². The monoisotopic (exact) mass is 279 g/mol. The molecular weight excluding hydrogens is 263 g/mol. The van der Waals surface area contributed by atoms with Crippen molar-refractivity contribution in [2.45, 2.75) is 19.1 Å². The number of aromatic nitrogens is 2. The minimum atomic E-state index is -4.56. The zero-order valence-electron chi connectivity index (χ0n) is 10.8. The molecule has 0 radical (unpaired) electrons. The van der Waals surface area contributed by atoms with Gasteiger partial charge in [0.1, 0.15) is 5.82 Å². The standard InChI is InChI=1S/C10H16F3N5O/c1-6(5-19-3)18(2)8-4-7(10(11,12)13)15-9(16-8)17-14/h4,6H,5,14H2,1-3H3,(H,15,16,17). The molecule has 1 unspecified atom stereocenters. The summed E-state index contributed by atoms with van der Waals surface area (Å²) in [6.07, 6.45) is -4.56. The first-order valence-corrected chi connectivity index (χ1v) is 5.44. The van der Waals surface area contributed by atoms with E-state index in [0.717, 1.165) is 6.07 Å². The summed E-state index contributed by atoms with van der Waals surface area (Å²) < 4.78 is 43.0. The SMILES string of the molecule is COCC(C)N(C)c1cc(C(F)(F)F)nc(NN)n1. The van der Waals surface area contributed by atoms with Gasteiger partial charge in [-0.3, -0.25) is 5.43 Å². The summed E-state index contributed by atoms with van der Waals surface area (Å²) >= 11 is 0. The Morgan fingerprint density at radius 1 is 1.47 bits per heavy atom. The van der Waals surface area contributed by atoms with Crippen molar-refractivity contribution in [3.05, 3.63) is 11.8 Å². The molecule has 0 aliphatic rings. The number of halogens is 3. The molecular formula is C10H16F3N5O. The molecule has 0 fully saturated rings. The van der Waals surface area contributed by atoms with Crippen LogP contribution in [0.3, 0.4) is 0 Å². The van der Waals surface area contributed by atoms with E-state index in [1.807, 2.05) is 5.43 Å². The fourth-order valence-electron chi connectivity index (χ4n) is 1.40. The molecule has 0 spiro atoms. The maximum absolute atomic E-state index is 12.7. The van der Waals surface area contributed by atoms with Crippen LogP contribution in [0.4, 0.5) is 24.9 Å². The predicted octanol–water partition coefficient (Wildman–Crippen LogP) is 1.25. The third kappa shape index (κ3) is 3.93. The van der Waals surface area contributed by atoms with Gasteiger partial charge in [0.15, 0.2) is 5.69 Å². The van der Waals surface area contributed by atoms with Crippen molar-refractivity contribution >= 4 is 11.8 Å². The Kier molecular flexibility index (Phi) is 4.90. The van der Waals surface area contributed by atoms with Crippen molar-refractivity contribution in [2.24, 2.45) is 5.84 Å². The molecule has 1 atom stereocenters. The van der Waals surface area contributed by atoms with Gasteiger partial charge in [-0.1, -0.05) is 0 Å². The highest BCUT2D eigenvalue weighted by atomic mass is 19.4. The molecule has 108 valence electrons. The average Bonchev–Trinajstić information content (AvgIpc) is 2.36. The van der Waals surface area contributed by atoms with Crippen LogP contribution in [0.25, 0.3) is 0 Å². The molecule has 0 aliphatic heterocycles. The Labute approximate surface area is 108 Å². The van der Waals surface area contributed by atoms with Crippen LogP contribution in [-0.2, 0) is 10.9 Å². The lowest BCUT2D eigenvalue weighted by Crippen LogP contribution is -2.34. The Balaban J connectivity index is 3.13. The van der Waals surface area contributed by atoms with Gasteiger partial charge in [0.05, 0.1) is 12.6 Å². The van der Waals surface area contributed by atoms with E-state index in [-0.39, 0.29) is 17.8 Å². The Morgan fingerprint density at radius 3 is 2.58 bits per heavy atom. The molecule has 3 N–H and O–H groups in total. The third-order valence-corrected chi connectivity index (χ3v) is 2.56. The number of nitrogen functional groups attached to an aromatic ring is 1. The van der Waals surface area contributed by atoms with E-state index in [9.17, 15) is 13.2 Å². The summed E-state index contributed by atoms with van der Waals surface area (Å²) in [5.41, 5.74) is 0.972. The summed E-state index contributed by atoms with van der Waals surface area (Å²) in [7, 11) is 3.13. The number of hydrazine groups is 1. The first kappa shape index (κ1) is 15.4. The molecule has 1 aromatic rings. The van der Waals surface area contributed by atoms with E-state index in [2.05, 4.69) is 9.97 Å². The highest BCUT2D eigenvalue weighted by Gasteiger charge is 2.34. The predicted molar refractivity (Wildman–Crippen MR) is 64.6 cm³/mol. The van der Waals surface area contributed by atoms with Gasteiger partial charge in [-0.2, -0.15) is 18.2 Å². The van der Waals surface area contributed by atoms with Crippen molar-refractivity contribution in [1.82, 2.24) is 9.97 Å². The quantitative estimate of drug-likeness (QED) is 0.624. The number of likely N-dealkylation sites (N-methyl/N-ethyl adjacent to an activating group) is 1. The second kappa shape index (κ2) is 6.02. The second-order valence-corrected chi connectivity index (χ2v) is 3.99. The lowest BCUT2D eigenvalue weighted by molar-refractivity contribution is -0.141. The highest BCUT2D eigenvalue weighted by Crippen LogP contribution is 2.30.